The highest BCUT2D eigenvalue weighted by atomic mass is 19.1. The molecule has 0 aliphatic carbocycles. The number of anilines is 2. The highest BCUT2D eigenvalue weighted by Gasteiger charge is 2.20. The fourth-order valence-electron chi connectivity index (χ4n) is 2.73. The van der Waals surface area contributed by atoms with Crippen molar-refractivity contribution in [1.29, 1.82) is 5.26 Å². The molecule has 4 heteroatoms. The first-order valence-electron chi connectivity index (χ1n) is 7.03. The molecule has 21 heavy (non-hydrogen) atoms. The summed E-state index contributed by atoms with van der Waals surface area (Å²) >= 11 is 0. The van der Waals surface area contributed by atoms with E-state index in [4.69, 9.17) is 5.26 Å². The van der Waals surface area contributed by atoms with Gasteiger partial charge in [0.25, 0.3) is 0 Å². The van der Waals surface area contributed by atoms with E-state index in [-0.39, 0.29) is 5.56 Å². The summed E-state index contributed by atoms with van der Waals surface area (Å²) in [6.45, 7) is 3.30. The van der Waals surface area contributed by atoms with Gasteiger partial charge >= 0.3 is 0 Å². The van der Waals surface area contributed by atoms with Crippen molar-refractivity contribution in [3.8, 4) is 6.07 Å². The summed E-state index contributed by atoms with van der Waals surface area (Å²) in [6, 6.07) is 17.0. The van der Waals surface area contributed by atoms with Gasteiger partial charge in [0.2, 0.25) is 0 Å². The maximum atomic E-state index is 13.7. The molecule has 2 aromatic rings. The zero-order valence-corrected chi connectivity index (χ0v) is 11.7. The maximum Gasteiger partial charge on any atom is 0.143 e. The number of hydrogen-bond acceptors (Lipinski definition) is 3. The van der Waals surface area contributed by atoms with Crippen molar-refractivity contribution in [2.45, 2.75) is 0 Å². The zero-order chi connectivity index (χ0) is 14.7. The zero-order valence-electron chi connectivity index (χ0n) is 11.7. The molecule has 0 bridgehead atoms. The van der Waals surface area contributed by atoms with Gasteiger partial charge in [-0.25, -0.2) is 4.39 Å². The fourth-order valence-corrected chi connectivity index (χ4v) is 2.73. The Hall–Kier alpha value is -2.54. The minimum atomic E-state index is -0.444. The Balaban J connectivity index is 1.75. The molecule has 106 valence electrons. The third-order valence-corrected chi connectivity index (χ3v) is 3.85. The molecule has 0 spiro atoms. The van der Waals surface area contributed by atoms with E-state index < -0.39 is 5.82 Å². The van der Waals surface area contributed by atoms with Gasteiger partial charge in [0.1, 0.15) is 17.4 Å². The lowest BCUT2D eigenvalue weighted by Crippen LogP contribution is -2.46. The Morgan fingerprint density at radius 2 is 1.52 bits per heavy atom. The molecule has 1 saturated heterocycles. The quantitative estimate of drug-likeness (QED) is 0.847. The maximum absolute atomic E-state index is 13.7. The normalized spacial score (nSPS) is 14.9. The minimum absolute atomic E-state index is 0.144. The number of hydrogen-bond donors (Lipinski definition) is 0. The van der Waals surface area contributed by atoms with E-state index in [1.165, 1.54) is 11.8 Å². The van der Waals surface area contributed by atoms with Crippen LogP contribution in [0.1, 0.15) is 5.56 Å². The molecule has 0 atom stereocenters. The van der Waals surface area contributed by atoms with Gasteiger partial charge in [-0.3, -0.25) is 0 Å². The van der Waals surface area contributed by atoms with Crippen molar-refractivity contribution in [1.82, 2.24) is 0 Å². The molecule has 1 aliphatic rings. The second kappa shape index (κ2) is 5.84. The van der Waals surface area contributed by atoms with Crippen LogP contribution in [0.4, 0.5) is 15.8 Å². The van der Waals surface area contributed by atoms with Crippen LogP contribution in [0.2, 0.25) is 0 Å². The van der Waals surface area contributed by atoms with Crippen LogP contribution in [-0.2, 0) is 0 Å². The van der Waals surface area contributed by atoms with Gasteiger partial charge in [-0.05, 0) is 24.3 Å². The van der Waals surface area contributed by atoms with Gasteiger partial charge in [-0.1, -0.05) is 24.3 Å². The molecule has 1 heterocycles. The number of para-hydroxylation sites is 1. The molecule has 0 unspecified atom stereocenters. The van der Waals surface area contributed by atoms with Gasteiger partial charge in [0.15, 0.2) is 0 Å². The number of nitriles is 1. The summed E-state index contributed by atoms with van der Waals surface area (Å²) in [5.41, 5.74) is 2.05. The fraction of sp³-hybridized carbons (Fsp3) is 0.235. The summed E-state index contributed by atoms with van der Waals surface area (Å²) in [5.74, 6) is -0.444. The lowest BCUT2D eigenvalue weighted by atomic mass is 10.1. The monoisotopic (exact) mass is 281 g/mol. The standard InChI is InChI=1S/C17H16FN3/c18-16-7-4-8-17(15(16)13-19)21-11-9-20(10-12-21)14-5-2-1-3-6-14/h1-8H,9-12H2. The van der Waals surface area contributed by atoms with Crippen molar-refractivity contribution in [3.05, 3.63) is 59.9 Å². The van der Waals surface area contributed by atoms with Crippen LogP contribution in [0.3, 0.4) is 0 Å². The van der Waals surface area contributed by atoms with Crippen LogP contribution in [0.25, 0.3) is 0 Å². The number of benzene rings is 2. The lowest BCUT2D eigenvalue weighted by Gasteiger charge is -2.37. The summed E-state index contributed by atoms with van der Waals surface area (Å²) in [5, 5.41) is 9.13. The molecule has 3 rings (SSSR count). The van der Waals surface area contributed by atoms with Crippen LogP contribution < -0.4 is 9.80 Å². The van der Waals surface area contributed by atoms with E-state index in [1.807, 2.05) is 30.3 Å². The van der Waals surface area contributed by atoms with E-state index in [1.54, 1.807) is 6.07 Å². The predicted octanol–water partition coefficient (Wildman–Crippen LogP) is 3.02. The first kappa shape index (κ1) is 13.4. The molecular formula is C17H16FN3. The van der Waals surface area contributed by atoms with Gasteiger partial charge < -0.3 is 9.80 Å². The predicted molar refractivity (Wildman–Crippen MR) is 82.0 cm³/mol. The molecule has 0 radical (unpaired) electrons. The molecule has 3 nitrogen and oxygen atoms in total. The summed E-state index contributed by atoms with van der Waals surface area (Å²) in [6.07, 6.45) is 0. The summed E-state index contributed by atoms with van der Waals surface area (Å²) < 4.78 is 13.7. The molecule has 0 saturated carbocycles. The molecule has 0 amide bonds. The van der Waals surface area contributed by atoms with Crippen molar-refractivity contribution < 1.29 is 4.39 Å². The molecule has 0 aromatic heterocycles. The van der Waals surface area contributed by atoms with Crippen LogP contribution >= 0.6 is 0 Å². The van der Waals surface area contributed by atoms with Crippen molar-refractivity contribution in [2.24, 2.45) is 0 Å². The summed E-state index contributed by atoms with van der Waals surface area (Å²) in [4.78, 5) is 4.39. The van der Waals surface area contributed by atoms with Crippen LogP contribution in [0.5, 0.6) is 0 Å². The number of halogens is 1. The van der Waals surface area contributed by atoms with Gasteiger partial charge in [-0.2, -0.15) is 5.26 Å². The molecule has 0 N–H and O–H groups in total. The highest BCUT2D eigenvalue weighted by Crippen LogP contribution is 2.25. The van der Waals surface area contributed by atoms with Gasteiger partial charge in [0, 0.05) is 31.9 Å². The van der Waals surface area contributed by atoms with Gasteiger partial charge in [-0.15, -0.1) is 0 Å². The van der Waals surface area contributed by atoms with Crippen LogP contribution in [-0.4, -0.2) is 26.2 Å². The Labute approximate surface area is 123 Å². The molecule has 1 aliphatic heterocycles. The van der Waals surface area contributed by atoms with Gasteiger partial charge in [0.05, 0.1) is 5.69 Å². The summed E-state index contributed by atoms with van der Waals surface area (Å²) in [7, 11) is 0. The lowest BCUT2D eigenvalue weighted by molar-refractivity contribution is 0.616. The van der Waals surface area contributed by atoms with Crippen molar-refractivity contribution >= 4 is 11.4 Å². The SMILES string of the molecule is N#Cc1c(F)cccc1N1CCN(c2ccccc2)CC1. The highest BCUT2D eigenvalue weighted by molar-refractivity contribution is 5.61. The second-order valence-corrected chi connectivity index (χ2v) is 5.06. The third-order valence-electron chi connectivity index (χ3n) is 3.85. The minimum Gasteiger partial charge on any atom is -0.368 e. The van der Waals surface area contributed by atoms with E-state index in [0.717, 1.165) is 26.2 Å². The average Bonchev–Trinajstić information content (AvgIpc) is 2.55. The number of rotatable bonds is 2. The first-order valence-corrected chi connectivity index (χ1v) is 7.03. The van der Waals surface area contributed by atoms with Crippen LogP contribution in [0.15, 0.2) is 48.5 Å². The van der Waals surface area contributed by atoms with E-state index in [2.05, 4.69) is 21.9 Å². The Kier molecular flexibility index (Phi) is 3.74. The topological polar surface area (TPSA) is 30.3 Å². The number of nitrogens with zero attached hydrogens (tertiary/aromatic N) is 3. The first-order chi connectivity index (χ1) is 10.3. The Morgan fingerprint density at radius 3 is 2.19 bits per heavy atom. The second-order valence-electron chi connectivity index (χ2n) is 5.06. The number of piperazine rings is 1. The smallest absolute Gasteiger partial charge is 0.143 e. The van der Waals surface area contributed by atoms with Crippen molar-refractivity contribution in [3.63, 3.8) is 0 Å². The Bertz CT molecular complexity index is 655. The molecule has 1 fully saturated rings. The largest absolute Gasteiger partial charge is 0.368 e. The average molecular weight is 281 g/mol. The van der Waals surface area contributed by atoms with E-state index in [9.17, 15) is 4.39 Å². The van der Waals surface area contributed by atoms with Crippen LogP contribution in [0, 0.1) is 17.1 Å². The Morgan fingerprint density at radius 1 is 0.857 bits per heavy atom. The van der Waals surface area contributed by atoms with E-state index in [0.29, 0.717) is 5.69 Å². The molecule has 2 aromatic carbocycles. The van der Waals surface area contributed by atoms with Crippen molar-refractivity contribution in [2.75, 3.05) is 36.0 Å². The molecular weight excluding hydrogens is 265 g/mol. The third kappa shape index (κ3) is 2.68. The van der Waals surface area contributed by atoms with E-state index >= 15 is 0 Å².